The maximum absolute atomic E-state index is 11.0. The van der Waals surface area contributed by atoms with Crippen molar-refractivity contribution in [1.82, 2.24) is 4.98 Å². The maximum Gasteiger partial charge on any atom is 0.325 e. The number of likely N-dealkylation sites (N-methyl/N-ethyl adjacent to an activating group) is 1. The first-order valence-corrected chi connectivity index (χ1v) is 4.87. The van der Waals surface area contributed by atoms with Crippen LogP contribution < -0.4 is 4.90 Å². The number of thiazole rings is 1. The Morgan fingerprint density at radius 1 is 1.77 bits per heavy atom. The third kappa shape index (κ3) is 2.69. The molecule has 0 aliphatic rings. The molecule has 0 saturated carbocycles. The maximum atomic E-state index is 11.0. The predicted molar refractivity (Wildman–Crippen MR) is 52.0 cm³/mol. The highest BCUT2D eigenvalue weighted by Crippen LogP contribution is 2.16. The van der Waals surface area contributed by atoms with Gasteiger partial charge in [0.15, 0.2) is 5.13 Å². The highest BCUT2D eigenvalue weighted by atomic mass is 32.1. The molecule has 5 heteroatoms. The number of hydrogen-bond acceptors (Lipinski definition) is 5. The van der Waals surface area contributed by atoms with Crippen LogP contribution in [0.25, 0.3) is 0 Å². The van der Waals surface area contributed by atoms with Crippen molar-refractivity contribution in [2.24, 2.45) is 0 Å². The van der Waals surface area contributed by atoms with Crippen LogP contribution in [0.1, 0.15) is 6.92 Å². The van der Waals surface area contributed by atoms with E-state index in [-0.39, 0.29) is 12.5 Å². The van der Waals surface area contributed by atoms with E-state index in [0.29, 0.717) is 0 Å². The molecule has 1 aromatic rings. The molecule has 0 unspecified atom stereocenters. The highest BCUT2D eigenvalue weighted by molar-refractivity contribution is 7.13. The van der Waals surface area contributed by atoms with Crippen molar-refractivity contribution in [3.8, 4) is 0 Å². The van der Waals surface area contributed by atoms with E-state index in [1.165, 1.54) is 18.4 Å². The molecule has 0 aromatic carbocycles. The van der Waals surface area contributed by atoms with E-state index in [9.17, 15) is 4.79 Å². The van der Waals surface area contributed by atoms with Gasteiger partial charge in [0.2, 0.25) is 0 Å². The van der Waals surface area contributed by atoms with Crippen LogP contribution in [-0.4, -0.2) is 31.2 Å². The fourth-order valence-electron chi connectivity index (χ4n) is 0.907. The lowest BCUT2D eigenvalue weighted by Gasteiger charge is -2.17. The third-order valence-electron chi connectivity index (χ3n) is 1.62. The average Bonchev–Trinajstić information content (AvgIpc) is 2.66. The summed E-state index contributed by atoms with van der Waals surface area (Å²) in [6, 6.07) is 0. The Labute approximate surface area is 81.2 Å². The number of nitrogens with zero attached hydrogens (tertiary/aromatic N) is 2. The number of esters is 1. The molecular formula is C8H12N2O2S. The molecule has 0 radical (unpaired) electrons. The number of anilines is 1. The number of rotatable bonds is 4. The summed E-state index contributed by atoms with van der Waals surface area (Å²) in [7, 11) is 1.39. The van der Waals surface area contributed by atoms with Gasteiger partial charge in [-0.1, -0.05) is 0 Å². The van der Waals surface area contributed by atoms with Crippen molar-refractivity contribution >= 4 is 22.4 Å². The number of carbonyl (C=O) groups excluding carboxylic acids is 1. The van der Waals surface area contributed by atoms with Crippen molar-refractivity contribution in [3.05, 3.63) is 11.6 Å². The lowest BCUT2D eigenvalue weighted by Crippen LogP contribution is -2.30. The van der Waals surface area contributed by atoms with E-state index < -0.39 is 0 Å². The van der Waals surface area contributed by atoms with Gasteiger partial charge in [0.25, 0.3) is 0 Å². The topological polar surface area (TPSA) is 42.4 Å². The van der Waals surface area contributed by atoms with Crippen LogP contribution in [0.4, 0.5) is 5.13 Å². The minimum Gasteiger partial charge on any atom is -0.468 e. The molecule has 1 heterocycles. The fourth-order valence-corrected chi connectivity index (χ4v) is 1.62. The van der Waals surface area contributed by atoms with Gasteiger partial charge in [-0.25, -0.2) is 4.98 Å². The van der Waals surface area contributed by atoms with E-state index in [1.807, 2.05) is 17.2 Å². The minimum atomic E-state index is -0.239. The Morgan fingerprint density at radius 2 is 2.54 bits per heavy atom. The van der Waals surface area contributed by atoms with Crippen LogP contribution in [0.5, 0.6) is 0 Å². The second kappa shape index (κ2) is 4.81. The van der Waals surface area contributed by atoms with Crippen molar-refractivity contribution in [2.45, 2.75) is 6.92 Å². The second-order valence-corrected chi connectivity index (χ2v) is 3.28. The average molecular weight is 200 g/mol. The van der Waals surface area contributed by atoms with Crippen molar-refractivity contribution < 1.29 is 9.53 Å². The Morgan fingerprint density at radius 3 is 3.00 bits per heavy atom. The normalized spacial score (nSPS) is 9.69. The molecule has 0 aliphatic carbocycles. The third-order valence-corrected chi connectivity index (χ3v) is 2.45. The zero-order chi connectivity index (χ0) is 9.68. The zero-order valence-electron chi connectivity index (χ0n) is 7.69. The molecule has 0 atom stereocenters. The van der Waals surface area contributed by atoms with Crippen LogP contribution in [0.2, 0.25) is 0 Å². The summed E-state index contributed by atoms with van der Waals surface area (Å²) in [5.41, 5.74) is 0. The van der Waals surface area contributed by atoms with Crippen LogP contribution in [0, 0.1) is 0 Å². The standard InChI is InChI=1S/C8H12N2O2S/c1-3-10(6-7(11)12-2)8-9-4-5-13-8/h4-5H,3,6H2,1-2H3. The second-order valence-electron chi connectivity index (χ2n) is 2.40. The van der Waals surface area contributed by atoms with Gasteiger partial charge < -0.3 is 9.64 Å². The number of carbonyl (C=O) groups is 1. The van der Waals surface area contributed by atoms with Crippen LogP contribution in [0.3, 0.4) is 0 Å². The number of aromatic nitrogens is 1. The molecule has 1 aromatic heterocycles. The molecule has 0 N–H and O–H groups in total. The van der Waals surface area contributed by atoms with Gasteiger partial charge in [-0.15, -0.1) is 11.3 Å². The molecule has 0 aliphatic heterocycles. The first kappa shape index (κ1) is 9.98. The molecule has 0 amide bonds. The van der Waals surface area contributed by atoms with Crippen molar-refractivity contribution in [2.75, 3.05) is 25.1 Å². The lowest BCUT2D eigenvalue weighted by molar-refractivity contribution is -0.138. The molecule has 1 rings (SSSR count). The van der Waals surface area contributed by atoms with Gasteiger partial charge in [0.05, 0.1) is 7.11 Å². The summed E-state index contributed by atoms with van der Waals surface area (Å²) in [4.78, 5) is 17.0. The smallest absolute Gasteiger partial charge is 0.325 e. The Balaban J connectivity index is 2.58. The van der Waals surface area contributed by atoms with Gasteiger partial charge >= 0.3 is 5.97 Å². The fraction of sp³-hybridized carbons (Fsp3) is 0.500. The van der Waals surface area contributed by atoms with Gasteiger partial charge in [-0.2, -0.15) is 0 Å². The first-order valence-electron chi connectivity index (χ1n) is 3.99. The SMILES string of the molecule is CCN(CC(=O)OC)c1nccs1. The van der Waals surface area contributed by atoms with E-state index >= 15 is 0 Å². The Kier molecular flexibility index (Phi) is 3.70. The molecule has 13 heavy (non-hydrogen) atoms. The van der Waals surface area contributed by atoms with E-state index in [1.54, 1.807) is 6.20 Å². The van der Waals surface area contributed by atoms with Crippen LogP contribution >= 0.6 is 11.3 Å². The molecular weight excluding hydrogens is 188 g/mol. The quantitative estimate of drug-likeness (QED) is 0.684. The highest BCUT2D eigenvalue weighted by Gasteiger charge is 2.11. The minimum absolute atomic E-state index is 0.239. The monoisotopic (exact) mass is 200 g/mol. The number of ether oxygens (including phenoxy) is 1. The molecule has 0 fully saturated rings. The van der Waals surface area contributed by atoms with Gasteiger partial charge in [0, 0.05) is 18.1 Å². The zero-order valence-corrected chi connectivity index (χ0v) is 8.50. The van der Waals surface area contributed by atoms with E-state index in [0.717, 1.165) is 11.7 Å². The summed E-state index contributed by atoms with van der Waals surface area (Å²) < 4.78 is 4.58. The summed E-state index contributed by atoms with van der Waals surface area (Å²) in [5, 5.41) is 2.74. The summed E-state index contributed by atoms with van der Waals surface area (Å²) in [6.07, 6.45) is 1.72. The van der Waals surface area contributed by atoms with Gasteiger partial charge in [-0.3, -0.25) is 4.79 Å². The Hall–Kier alpha value is -1.10. The molecule has 72 valence electrons. The molecule has 0 spiro atoms. The molecule has 0 saturated heterocycles. The van der Waals surface area contributed by atoms with E-state index in [2.05, 4.69) is 9.72 Å². The molecule has 4 nitrogen and oxygen atoms in total. The van der Waals surface area contributed by atoms with Crippen LogP contribution in [-0.2, 0) is 9.53 Å². The van der Waals surface area contributed by atoms with Crippen LogP contribution in [0.15, 0.2) is 11.6 Å². The van der Waals surface area contributed by atoms with Gasteiger partial charge in [0.1, 0.15) is 6.54 Å². The summed E-state index contributed by atoms with van der Waals surface area (Å²) in [6.45, 7) is 2.99. The van der Waals surface area contributed by atoms with Crippen molar-refractivity contribution in [3.63, 3.8) is 0 Å². The number of methoxy groups -OCH3 is 1. The summed E-state index contributed by atoms with van der Waals surface area (Å²) >= 11 is 1.52. The summed E-state index contributed by atoms with van der Waals surface area (Å²) in [5.74, 6) is -0.239. The number of hydrogen-bond donors (Lipinski definition) is 0. The Bertz CT molecular complexity index is 261. The lowest BCUT2D eigenvalue weighted by atomic mass is 10.5. The predicted octanol–water partition coefficient (Wildman–Crippen LogP) is 1.14. The van der Waals surface area contributed by atoms with E-state index in [4.69, 9.17) is 0 Å². The van der Waals surface area contributed by atoms with Crippen molar-refractivity contribution in [1.29, 1.82) is 0 Å². The first-order chi connectivity index (χ1) is 6.27. The van der Waals surface area contributed by atoms with Gasteiger partial charge in [-0.05, 0) is 6.92 Å². The largest absolute Gasteiger partial charge is 0.468 e. The molecule has 0 bridgehead atoms.